The normalized spacial score (nSPS) is 18.7. The fourth-order valence-corrected chi connectivity index (χ4v) is 6.59. The third-order valence-electron chi connectivity index (χ3n) is 5.52. The Hall–Kier alpha value is -1.52. The third-order valence-corrected chi connectivity index (χ3v) is 8.31. The number of hydrogen-bond acceptors (Lipinski definition) is 2. The molecule has 2 heterocycles. The molecule has 7 heteroatoms. The molecule has 1 aromatic heterocycles. The molecule has 0 unspecified atom stereocenters. The summed E-state index contributed by atoms with van der Waals surface area (Å²) in [6, 6.07) is 5.60. The molecule has 4 rings (SSSR count). The fraction of sp³-hybridized carbons (Fsp3) is 0.364. The third kappa shape index (κ3) is 4.49. The molecule has 0 bridgehead atoms. The zero-order valence-corrected chi connectivity index (χ0v) is 20.0. The van der Waals surface area contributed by atoms with Gasteiger partial charge in [-0.25, -0.2) is 0 Å². The van der Waals surface area contributed by atoms with Crippen molar-refractivity contribution in [3.05, 3.63) is 62.3 Å². The zero-order chi connectivity index (χ0) is 20.4. The first-order chi connectivity index (χ1) is 14.0. The number of hydrogen-bond donors (Lipinski definition) is 1. The zero-order valence-electron chi connectivity index (χ0n) is 16.3. The predicted molar refractivity (Wildman–Crippen MR) is 123 cm³/mol. The van der Waals surface area contributed by atoms with Crippen LogP contribution in [0.5, 0.6) is 0 Å². The van der Waals surface area contributed by atoms with Crippen LogP contribution in [0.2, 0.25) is 10.0 Å². The average Bonchev–Trinajstić information content (AvgIpc) is 3.24. The molecule has 1 N–H and O–H groups in total. The molecule has 1 amide bonds. The van der Waals surface area contributed by atoms with Crippen molar-refractivity contribution in [1.29, 1.82) is 0 Å². The molecule has 0 spiro atoms. The van der Waals surface area contributed by atoms with Crippen molar-refractivity contribution in [1.82, 2.24) is 15.1 Å². The molecule has 29 heavy (non-hydrogen) atoms. The van der Waals surface area contributed by atoms with Gasteiger partial charge in [0.25, 0.3) is 0 Å². The summed E-state index contributed by atoms with van der Waals surface area (Å²) in [7, 11) is 0. The summed E-state index contributed by atoms with van der Waals surface area (Å²) in [5, 5.41) is 9.05. The van der Waals surface area contributed by atoms with Crippen LogP contribution in [0.25, 0.3) is 10.2 Å². The standard InChI is InChI=1S/C22H25Cl2N3OSe/c1-14-20(22(28)25-16-7-4-2-3-5-8-16)26-27(21(14)19-9-6-12-29-19)18-11-10-15(23)13-17(18)24/h6,9-13,16H,2-5,7-8,29H2,1H3,(H,25,28). The quantitative estimate of drug-likeness (QED) is 0.479. The number of halogens is 2. The molecule has 4 nitrogen and oxygen atoms in total. The number of aromatic nitrogens is 2. The minimum absolute atomic E-state index is 0.0916. The van der Waals surface area contributed by atoms with Crippen LogP contribution in [-0.2, 0) is 0 Å². The molecule has 1 aliphatic carbocycles. The number of rotatable bonds is 4. The Balaban J connectivity index is 1.72. The van der Waals surface area contributed by atoms with Crippen molar-refractivity contribution < 1.29 is 4.79 Å². The van der Waals surface area contributed by atoms with Crippen LogP contribution >= 0.6 is 23.2 Å². The van der Waals surface area contributed by atoms with Crippen molar-refractivity contribution in [2.75, 3.05) is 0 Å². The van der Waals surface area contributed by atoms with Gasteiger partial charge in [0.2, 0.25) is 0 Å². The Morgan fingerprint density at radius 3 is 2.62 bits per heavy atom. The summed E-state index contributed by atoms with van der Waals surface area (Å²) in [5.41, 5.74) is 3.10. The molecule has 154 valence electrons. The monoisotopic (exact) mass is 497 g/mol. The van der Waals surface area contributed by atoms with E-state index in [2.05, 4.69) is 22.4 Å². The van der Waals surface area contributed by atoms with Crippen LogP contribution in [0.15, 0.2) is 35.3 Å². The molecular weight excluding hydrogens is 472 g/mol. The van der Waals surface area contributed by atoms with Crippen LogP contribution in [0.4, 0.5) is 0 Å². The van der Waals surface area contributed by atoms with E-state index in [-0.39, 0.29) is 11.9 Å². The molecule has 0 radical (unpaired) electrons. The van der Waals surface area contributed by atoms with E-state index in [1.54, 1.807) is 12.1 Å². The molecule has 2 aliphatic rings. The summed E-state index contributed by atoms with van der Waals surface area (Å²) in [5.74, 6) is -0.0916. The first kappa shape index (κ1) is 20.7. The summed E-state index contributed by atoms with van der Waals surface area (Å²) < 4.78 is 3.06. The second-order valence-corrected chi connectivity index (χ2v) is 10.9. The maximum atomic E-state index is 13.1. The first-order valence-corrected chi connectivity index (χ1v) is 13.1. The number of allylic oxidation sites excluding steroid dienone is 2. The van der Waals surface area contributed by atoms with Crippen LogP contribution in [0.3, 0.4) is 0 Å². The number of nitrogens with zero attached hydrogens (tertiary/aromatic N) is 2. The van der Waals surface area contributed by atoms with Crippen molar-refractivity contribution >= 4 is 48.5 Å². The second kappa shape index (κ2) is 9.09. The van der Waals surface area contributed by atoms with E-state index < -0.39 is 15.0 Å². The molecule has 0 saturated heterocycles. The number of carbonyl (C=O) groups excluding carboxylic acids is 1. The van der Waals surface area contributed by atoms with E-state index in [0.29, 0.717) is 15.7 Å². The SMILES string of the molecule is Cc1c(C(=O)NC2CCCCCC2)nn(-c2ccc(Cl)cc2Cl)c1C1=CC=C[SeH2]1. The van der Waals surface area contributed by atoms with E-state index in [9.17, 15) is 4.79 Å². The van der Waals surface area contributed by atoms with Gasteiger partial charge in [0.1, 0.15) is 0 Å². The first-order valence-electron chi connectivity index (χ1n) is 10.0. The van der Waals surface area contributed by atoms with Gasteiger partial charge in [0, 0.05) is 0 Å². The molecule has 2 aromatic rings. The maximum absolute atomic E-state index is 13.1. The summed E-state index contributed by atoms with van der Waals surface area (Å²) in [4.78, 5) is 15.4. The van der Waals surface area contributed by atoms with Gasteiger partial charge < -0.3 is 0 Å². The molecule has 0 atom stereocenters. The van der Waals surface area contributed by atoms with Crippen molar-refractivity contribution in [2.45, 2.75) is 51.5 Å². The van der Waals surface area contributed by atoms with Gasteiger partial charge in [-0.3, -0.25) is 0 Å². The molecule has 1 aromatic carbocycles. The Morgan fingerprint density at radius 1 is 1.21 bits per heavy atom. The van der Waals surface area contributed by atoms with Crippen molar-refractivity contribution in [2.24, 2.45) is 0 Å². The Labute approximate surface area is 187 Å². The van der Waals surface area contributed by atoms with E-state index in [0.717, 1.165) is 29.8 Å². The summed E-state index contributed by atoms with van der Waals surface area (Å²) in [6.45, 7) is 1.98. The van der Waals surface area contributed by atoms with Gasteiger partial charge >= 0.3 is 188 Å². The van der Waals surface area contributed by atoms with Gasteiger partial charge in [-0.1, -0.05) is 0 Å². The second-order valence-electron chi connectivity index (χ2n) is 7.58. The van der Waals surface area contributed by atoms with Crippen LogP contribution in [0, 0.1) is 6.92 Å². The Morgan fingerprint density at radius 2 is 1.97 bits per heavy atom. The predicted octanol–water partition coefficient (Wildman–Crippen LogP) is 4.98. The van der Waals surface area contributed by atoms with Gasteiger partial charge in [-0.2, -0.15) is 0 Å². The number of benzene rings is 1. The van der Waals surface area contributed by atoms with Crippen LogP contribution in [0.1, 0.15) is 60.3 Å². The number of nitrogens with one attached hydrogen (secondary N) is 1. The van der Waals surface area contributed by atoms with Gasteiger partial charge in [-0.05, 0) is 0 Å². The van der Waals surface area contributed by atoms with E-state index in [4.69, 9.17) is 28.3 Å². The van der Waals surface area contributed by atoms with Gasteiger partial charge in [-0.15, -0.1) is 0 Å². The van der Waals surface area contributed by atoms with E-state index in [1.165, 1.54) is 30.2 Å². The Bertz CT molecular complexity index is 988. The van der Waals surface area contributed by atoms with Crippen LogP contribution < -0.4 is 5.32 Å². The summed E-state index contributed by atoms with van der Waals surface area (Å²) >= 11 is 12.2. The van der Waals surface area contributed by atoms with Gasteiger partial charge in [0.05, 0.1) is 0 Å². The average molecular weight is 497 g/mol. The summed E-state index contributed by atoms with van der Waals surface area (Å²) in [6.07, 6.45) is 11.2. The fourth-order valence-electron chi connectivity index (χ4n) is 4.01. The minimum atomic E-state index is -0.397. The topological polar surface area (TPSA) is 46.9 Å². The molecule has 1 aliphatic heterocycles. The molecular formula is C22H25Cl2N3OSe. The number of carbonyl (C=O) groups is 1. The Kier molecular flexibility index (Phi) is 6.50. The van der Waals surface area contributed by atoms with Crippen LogP contribution in [-0.4, -0.2) is 36.7 Å². The van der Waals surface area contributed by atoms with Crippen molar-refractivity contribution in [3.8, 4) is 5.69 Å². The van der Waals surface area contributed by atoms with E-state index in [1.807, 2.05) is 17.7 Å². The molecule has 1 saturated carbocycles. The van der Waals surface area contributed by atoms with E-state index >= 15 is 0 Å². The molecule has 1 fully saturated rings. The van der Waals surface area contributed by atoms with Gasteiger partial charge in [0.15, 0.2) is 0 Å². The number of amides is 1. The van der Waals surface area contributed by atoms with Crippen molar-refractivity contribution in [3.63, 3.8) is 0 Å².